The van der Waals surface area contributed by atoms with Crippen LogP contribution < -0.4 is 5.32 Å². The summed E-state index contributed by atoms with van der Waals surface area (Å²) in [6.07, 6.45) is -3.96. The summed E-state index contributed by atoms with van der Waals surface area (Å²) in [6.45, 7) is 21.0. The van der Waals surface area contributed by atoms with Crippen LogP contribution in [0.2, 0.25) is 0 Å². The average molecular weight is 1310 g/mol. The van der Waals surface area contributed by atoms with Crippen molar-refractivity contribution in [1.82, 2.24) is 5.32 Å². The third-order valence-electron chi connectivity index (χ3n) is 21.7. The Labute approximate surface area is 542 Å². The van der Waals surface area contributed by atoms with E-state index in [0.717, 1.165) is 7.11 Å². The number of nitrogens with zero attached hydrogens (tertiary/aromatic N) is 1. The molecule has 6 heterocycles. The standard InChI is InChI=1S/C67H96N2O24/c1-30-14-18-47(88-54-28-65(11,69(79)80)60(38(9)86-54)68-64(78)81-13)31(2)23-43-45(73)24-40(29-70)27-67(43)62(76)55(63(77)93-67)61(75)66(12)42(30)16-15-41-56(66)32(3)22-33(4)57(41)92-53-26-49(59(37(8)85-53)87-39(10)71)90-50-21-19-48(35(6)83-50)89-52-25-46(74)58(36(7)84-52)91-51-20-17-44(72)34(5)82-51/h14-16,23,27,29,32-38,41-54,56-60,72-75H,17-22,24-26,28H2,1-13H3,(H,68,78)/b30-14-,31-23?,61-55?/t32-,33-,34-,35-,36-,37-,38+,41-,42-,43+,44+,45-,46+,47-,48+,49+,50-,51-,52-,53-,54-,56+,57-,58-,59-,60-,65-,66+,67?/m0/s1. The minimum Gasteiger partial charge on any atom is -0.511 e. The molecule has 2 bridgehead atoms. The van der Waals surface area contributed by atoms with Crippen molar-refractivity contribution in [2.75, 3.05) is 7.11 Å². The van der Waals surface area contributed by atoms with Gasteiger partial charge in [-0.15, -0.1) is 0 Å². The summed E-state index contributed by atoms with van der Waals surface area (Å²) in [5, 5.41) is 62.0. The quantitative estimate of drug-likeness (QED) is 0.0240. The molecule has 1 spiro atoms. The first kappa shape index (κ1) is 70.7. The van der Waals surface area contributed by atoms with Gasteiger partial charge in [-0.1, -0.05) is 50.6 Å². The van der Waals surface area contributed by atoms with E-state index >= 15 is 4.79 Å². The van der Waals surface area contributed by atoms with Crippen molar-refractivity contribution in [3.63, 3.8) is 0 Å². The lowest BCUT2D eigenvalue weighted by molar-refractivity contribution is -0.584. The molecule has 0 aromatic carbocycles. The Morgan fingerprint density at radius 2 is 1.35 bits per heavy atom. The van der Waals surface area contributed by atoms with E-state index in [2.05, 4.69) is 25.2 Å². The van der Waals surface area contributed by atoms with E-state index < -0.39 is 203 Å². The van der Waals surface area contributed by atoms with Crippen LogP contribution in [0.15, 0.2) is 58.4 Å². The summed E-state index contributed by atoms with van der Waals surface area (Å²) in [5.41, 5.74) is -5.03. The molecule has 4 aliphatic carbocycles. The highest BCUT2D eigenvalue weighted by molar-refractivity contribution is 6.27. The van der Waals surface area contributed by atoms with Gasteiger partial charge in [-0.05, 0) is 109 Å². The van der Waals surface area contributed by atoms with Gasteiger partial charge in [0.2, 0.25) is 16.9 Å². The van der Waals surface area contributed by atoms with E-state index in [1.54, 1.807) is 33.8 Å². The maximum atomic E-state index is 15.6. The zero-order chi connectivity index (χ0) is 67.5. The molecule has 26 nitrogen and oxygen atoms in total. The minimum absolute atomic E-state index is 0.00196. The first-order chi connectivity index (χ1) is 43.9. The summed E-state index contributed by atoms with van der Waals surface area (Å²) in [5.74, 6) is -6.54. The van der Waals surface area contributed by atoms with Gasteiger partial charge in [0.1, 0.15) is 35.9 Å². The number of ether oxygens (including phenoxy) is 13. The van der Waals surface area contributed by atoms with Crippen LogP contribution in [0.25, 0.3) is 0 Å². The second kappa shape index (κ2) is 28.2. The number of aliphatic hydroxyl groups excluding tert-OH is 4. The van der Waals surface area contributed by atoms with Gasteiger partial charge in [0.05, 0.1) is 86.6 Å². The van der Waals surface area contributed by atoms with E-state index in [9.17, 15) is 49.7 Å². The van der Waals surface area contributed by atoms with Gasteiger partial charge in [-0.2, -0.15) is 0 Å². The number of alkyl carbamates (subject to hydrolysis) is 1. The summed E-state index contributed by atoms with van der Waals surface area (Å²) >= 11 is 0. The lowest BCUT2D eigenvalue weighted by Gasteiger charge is -2.56. The zero-order valence-corrected chi connectivity index (χ0v) is 55.4. The van der Waals surface area contributed by atoms with Crippen molar-refractivity contribution in [3.05, 3.63) is 68.5 Å². The predicted octanol–water partition coefficient (Wildman–Crippen LogP) is 6.36. The number of hydrogen-bond donors (Lipinski definition) is 5. The van der Waals surface area contributed by atoms with Crippen LogP contribution in [0.3, 0.4) is 0 Å². The van der Waals surface area contributed by atoms with Gasteiger partial charge in [-0.3, -0.25) is 24.5 Å². The van der Waals surface area contributed by atoms with E-state index in [1.165, 1.54) is 19.9 Å². The number of nitro groups is 1. The van der Waals surface area contributed by atoms with Crippen molar-refractivity contribution < 1.29 is 111 Å². The number of carbonyl (C=O) groups is 5. The number of rotatable bonds is 14. The third kappa shape index (κ3) is 14.0. The van der Waals surface area contributed by atoms with Gasteiger partial charge >= 0.3 is 18.0 Å². The molecule has 1 saturated carbocycles. The molecular weight excluding hydrogens is 1220 g/mol. The molecule has 29 atom stereocenters. The Bertz CT molecular complexity index is 2960. The van der Waals surface area contributed by atoms with Crippen LogP contribution in [0.5, 0.6) is 0 Å². The highest BCUT2D eigenvalue weighted by Crippen LogP contribution is 2.61. The Kier molecular flexibility index (Phi) is 21.4. The van der Waals surface area contributed by atoms with Crippen LogP contribution in [0.4, 0.5) is 4.79 Å². The van der Waals surface area contributed by atoms with Crippen LogP contribution in [0.1, 0.15) is 147 Å². The Morgan fingerprint density at radius 3 is 2.01 bits per heavy atom. The summed E-state index contributed by atoms with van der Waals surface area (Å²) in [4.78, 5) is 80.4. The second-order valence-electron chi connectivity index (χ2n) is 28.2. The molecule has 6 aliphatic heterocycles. The number of ketones is 1. The molecule has 6 saturated heterocycles. The van der Waals surface area contributed by atoms with E-state index in [-0.39, 0.29) is 49.5 Å². The number of amides is 1. The average Bonchev–Trinajstić information content (AvgIpc) is 1.68. The number of allylic oxidation sites excluding steroid dienone is 3. The van der Waals surface area contributed by atoms with Crippen molar-refractivity contribution in [3.8, 4) is 0 Å². The fourth-order valence-corrected chi connectivity index (χ4v) is 16.9. The molecule has 0 aromatic heterocycles. The zero-order valence-electron chi connectivity index (χ0n) is 55.4. The summed E-state index contributed by atoms with van der Waals surface area (Å²) < 4.78 is 81.5. The largest absolute Gasteiger partial charge is 0.511 e. The van der Waals surface area contributed by atoms with Crippen molar-refractivity contribution in [1.29, 1.82) is 0 Å². The Balaban J connectivity index is 0.906. The molecule has 26 heteroatoms. The molecule has 10 rings (SSSR count). The Hall–Kier alpha value is -5.07. The van der Waals surface area contributed by atoms with E-state index in [4.69, 9.17) is 61.6 Å². The van der Waals surface area contributed by atoms with Crippen molar-refractivity contribution in [2.45, 2.75) is 281 Å². The first-order valence-corrected chi connectivity index (χ1v) is 33.1. The predicted molar refractivity (Wildman–Crippen MR) is 325 cm³/mol. The number of aliphatic hydroxyl groups is 4. The molecular formula is C67H96N2O24. The second-order valence-corrected chi connectivity index (χ2v) is 28.2. The van der Waals surface area contributed by atoms with Crippen molar-refractivity contribution >= 4 is 30.1 Å². The number of aldehydes is 1. The SMILES string of the molecule is COC(=O)N[C@H]1[C@@H](C)O[C@@H](O[C@H]2C/C=C(/C)[C@@H]3C=C[C@@H]4[C@@H](O[C@H]5C[C@@H](O[C@H]6CC[C@@H](O[C@H]7C[C@@H](O)[C@@H](O[C@H]8CC[C@@H](O)[C@H](C)O8)[C@H](C)O7)[C@H](C)O6)[C@@H](OC(C)=O)[C@H](C)O5)[C@@H](C)C[C@H](C)[C@H]4[C@]3(C)C(O)=C3C(=O)OC4(C=C(C=O)C[C@H](O)[C@H]4C=C2C)C3=O)C[C@]1(C)[N+](=O)[O-]. The number of esters is 2. The molecule has 1 amide bonds. The van der Waals surface area contributed by atoms with Crippen molar-refractivity contribution in [2.24, 2.45) is 40.9 Å². The maximum Gasteiger partial charge on any atom is 0.407 e. The highest BCUT2D eigenvalue weighted by Gasteiger charge is 2.65. The topological polar surface area (TPSA) is 341 Å². The number of nitrogens with one attached hydrogen (secondary N) is 1. The molecule has 5 N–H and O–H groups in total. The lowest BCUT2D eigenvalue weighted by atomic mass is 9.49. The first-order valence-electron chi connectivity index (χ1n) is 33.1. The molecule has 0 radical (unpaired) electrons. The van der Waals surface area contributed by atoms with Gasteiger partial charge in [0.15, 0.2) is 37.6 Å². The van der Waals surface area contributed by atoms with Gasteiger partial charge < -0.3 is 87.3 Å². The molecule has 518 valence electrons. The normalized spacial score (nSPS) is 46.8. The third-order valence-corrected chi connectivity index (χ3v) is 21.7. The molecule has 93 heavy (non-hydrogen) atoms. The summed E-state index contributed by atoms with van der Waals surface area (Å²) in [6, 6.07) is -1.12. The van der Waals surface area contributed by atoms with Gasteiger partial charge in [-0.25, -0.2) is 9.59 Å². The number of methoxy groups -OCH3 is 1. The summed E-state index contributed by atoms with van der Waals surface area (Å²) in [7, 11) is 1.15. The number of hydrogen-bond acceptors (Lipinski definition) is 24. The minimum atomic E-state index is -2.29. The maximum absolute atomic E-state index is 15.6. The molecule has 10 aliphatic rings. The lowest BCUT2D eigenvalue weighted by Crippen LogP contribution is -2.65. The number of carbonyl (C=O) groups excluding carboxylic acids is 5. The van der Waals surface area contributed by atoms with Crippen LogP contribution in [-0.4, -0.2) is 197 Å². The number of Topliss-reactive ketones (excluding diaryl/α,β-unsaturated/α-hetero) is 1. The smallest absolute Gasteiger partial charge is 0.407 e. The van der Waals surface area contributed by atoms with Gasteiger partial charge in [0.25, 0.3) is 0 Å². The monoisotopic (exact) mass is 1310 g/mol. The molecule has 0 aromatic rings. The van der Waals surface area contributed by atoms with Crippen LogP contribution in [0, 0.1) is 51.0 Å². The molecule has 7 fully saturated rings. The fraction of sp³-hybridized carbons (Fsp3) is 0.776. The Morgan fingerprint density at radius 1 is 0.720 bits per heavy atom. The van der Waals surface area contributed by atoms with E-state index in [1.807, 2.05) is 39.8 Å². The van der Waals surface area contributed by atoms with Crippen LogP contribution >= 0.6 is 0 Å². The van der Waals surface area contributed by atoms with E-state index in [0.29, 0.717) is 49.5 Å². The van der Waals surface area contributed by atoms with Crippen LogP contribution in [-0.2, 0) is 80.8 Å². The fourth-order valence-electron chi connectivity index (χ4n) is 16.9. The number of fused-ring (bicyclic) bond motifs is 4. The van der Waals surface area contributed by atoms with Gasteiger partial charge in [0, 0.05) is 68.1 Å². The molecule has 1 unspecified atom stereocenters. The highest BCUT2D eigenvalue weighted by atomic mass is 16.8.